The summed E-state index contributed by atoms with van der Waals surface area (Å²) in [6.45, 7) is 5.06. The maximum atomic E-state index is 3.86. The number of aromatic nitrogens is 4. The normalized spacial score (nSPS) is 10.6. The predicted molar refractivity (Wildman–Crippen MR) is 82.4 cm³/mol. The molecule has 0 aliphatic heterocycles. The molecule has 3 aromatic rings. The summed E-state index contributed by atoms with van der Waals surface area (Å²) >= 11 is 0. The van der Waals surface area contributed by atoms with Crippen LogP contribution in [0.2, 0.25) is 0 Å². The van der Waals surface area contributed by atoms with Crippen molar-refractivity contribution in [1.29, 1.82) is 0 Å². The second kappa shape index (κ2) is 5.75. The third-order valence-corrected chi connectivity index (χ3v) is 3.26. The summed E-state index contributed by atoms with van der Waals surface area (Å²) < 4.78 is 1.63. The van der Waals surface area contributed by atoms with Gasteiger partial charge in [0.05, 0.1) is 5.69 Å². The first-order valence-corrected chi connectivity index (χ1v) is 6.85. The first-order chi connectivity index (χ1) is 10.2. The molecule has 0 aliphatic rings. The highest BCUT2D eigenvalue weighted by molar-refractivity contribution is 5.48. The maximum absolute atomic E-state index is 3.86. The molecule has 0 aliphatic carbocycles. The van der Waals surface area contributed by atoms with Gasteiger partial charge in [-0.05, 0) is 54.1 Å². The van der Waals surface area contributed by atoms with E-state index in [2.05, 4.69) is 52.9 Å². The summed E-state index contributed by atoms with van der Waals surface area (Å²) in [6, 6.07) is 14.6. The molecule has 0 amide bonds. The topological polar surface area (TPSA) is 55.6 Å². The molecule has 5 heteroatoms. The van der Waals surface area contributed by atoms with E-state index in [9.17, 15) is 0 Å². The summed E-state index contributed by atoms with van der Waals surface area (Å²) in [6.07, 6.45) is 1.58. The lowest BCUT2D eigenvalue weighted by Gasteiger charge is -2.09. The third kappa shape index (κ3) is 3.25. The zero-order valence-corrected chi connectivity index (χ0v) is 12.1. The average Bonchev–Trinajstić information content (AvgIpc) is 2.99. The van der Waals surface area contributed by atoms with Gasteiger partial charge < -0.3 is 5.32 Å². The molecule has 106 valence electrons. The predicted octanol–water partition coefficient (Wildman–Crippen LogP) is 2.89. The molecular formula is C16H17N5. The largest absolute Gasteiger partial charge is 0.381 e. The Morgan fingerprint density at radius 2 is 1.71 bits per heavy atom. The molecule has 0 fully saturated rings. The van der Waals surface area contributed by atoms with E-state index in [0.717, 1.165) is 17.9 Å². The molecule has 1 aromatic heterocycles. The van der Waals surface area contributed by atoms with Crippen molar-refractivity contribution in [2.75, 3.05) is 5.32 Å². The van der Waals surface area contributed by atoms with Crippen molar-refractivity contribution in [2.45, 2.75) is 20.4 Å². The van der Waals surface area contributed by atoms with Crippen LogP contribution in [-0.4, -0.2) is 20.2 Å². The molecule has 2 aromatic carbocycles. The van der Waals surface area contributed by atoms with Crippen molar-refractivity contribution >= 4 is 5.69 Å². The summed E-state index contributed by atoms with van der Waals surface area (Å²) in [5.74, 6) is 0. The van der Waals surface area contributed by atoms with Crippen LogP contribution in [0.3, 0.4) is 0 Å². The number of nitrogens with one attached hydrogen (secondary N) is 1. The van der Waals surface area contributed by atoms with Gasteiger partial charge in [0.2, 0.25) is 0 Å². The van der Waals surface area contributed by atoms with E-state index < -0.39 is 0 Å². The summed E-state index contributed by atoms with van der Waals surface area (Å²) in [5, 5.41) is 14.6. The van der Waals surface area contributed by atoms with E-state index in [-0.39, 0.29) is 0 Å². The quantitative estimate of drug-likeness (QED) is 0.798. The number of hydrogen-bond acceptors (Lipinski definition) is 4. The van der Waals surface area contributed by atoms with Gasteiger partial charge >= 0.3 is 0 Å². The molecule has 3 rings (SSSR count). The van der Waals surface area contributed by atoms with E-state index in [0.29, 0.717) is 0 Å². The van der Waals surface area contributed by atoms with Gasteiger partial charge in [0, 0.05) is 12.2 Å². The van der Waals surface area contributed by atoms with Gasteiger partial charge in [-0.3, -0.25) is 0 Å². The van der Waals surface area contributed by atoms with Crippen molar-refractivity contribution in [3.63, 3.8) is 0 Å². The Hall–Kier alpha value is -2.69. The molecule has 21 heavy (non-hydrogen) atoms. The van der Waals surface area contributed by atoms with Crippen LogP contribution in [-0.2, 0) is 6.54 Å². The smallest absolute Gasteiger partial charge is 0.143 e. The highest BCUT2D eigenvalue weighted by atomic mass is 15.5. The van der Waals surface area contributed by atoms with Crippen molar-refractivity contribution in [3.05, 3.63) is 65.5 Å². The van der Waals surface area contributed by atoms with Crippen molar-refractivity contribution < 1.29 is 0 Å². The Morgan fingerprint density at radius 3 is 2.33 bits per heavy atom. The van der Waals surface area contributed by atoms with E-state index >= 15 is 0 Å². The minimum absolute atomic E-state index is 0.812. The van der Waals surface area contributed by atoms with E-state index in [1.807, 2.05) is 24.3 Å². The maximum Gasteiger partial charge on any atom is 0.143 e. The molecule has 0 radical (unpaired) electrons. The van der Waals surface area contributed by atoms with Crippen molar-refractivity contribution in [2.24, 2.45) is 0 Å². The van der Waals surface area contributed by atoms with Crippen LogP contribution in [0.1, 0.15) is 16.7 Å². The summed E-state index contributed by atoms with van der Waals surface area (Å²) in [7, 11) is 0. The Morgan fingerprint density at radius 1 is 1.00 bits per heavy atom. The number of anilines is 1. The van der Waals surface area contributed by atoms with E-state index in [4.69, 9.17) is 0 Å². The van der Waals surface area contributed by atoms with E-state index in [1.165, 1.54) is 16.7 Å². The Bertz CT molecular complexity index is 697. The zero-order chi connectivity index (χ0) is 14.7. The number of aryl methyl sites for hydroxylation is 2. The number of nitrogens with zero attached hydrogens (tertiary/aromatic N) is 4. The first-order valence-electron chi connectivity index (χ1n) is 6.85. The van der Waals surface area contributed by atoms with E-state index in [1.54, 1.807) is 11.0 Å². The summed E-state index contributed by atoms with van der Waals surface area (Å²) in [5.41, 5.74) is 5.89. The fourth-order valence-electron chi connectivity index (χ4n) is 2.39. The van der Waals surface area contributed by atoms with Crippen LogP contribution >= 0.6 is 0 Å². The van der Waals surface area contributed by atoms with Crippen LogP contribution in [0.5, 0.6) is 0 Å². The molecule has 0 saturated heterocycles. The Kier molecular flexibility index (Phi) is 3.64. The molecule has 1 heterocycles. The van der Waals surface area contributed by atoms with Crippen LogP contribution in [0.25, 0.3) is 5.69 Å². The second-order valence-corrected chi connectivity index (χ2v) is 5.15. The fraction of sp³-hybridized carbons (Fsp3) is 0.188. The first kappa shape index (κ1) is 13.3. The molecule has 5 nitrogen and oxygen atoms in total. The molecule has 0 saturated carbocycles. The monoisotopic (exact) mass is 279 g/mol. The van der Waals surface area contributed by atoms with Crippen LogP contribution in [0, 0.1) is 13.8 Å². The lowest BCUT2D eigenvalue weighted by Crippen LogP contribution is -2.01. The lowest BCUT2D eigenvalue weighted by molar-refractivity contribution is 0.789. The molecule has 1 N–H and O–H groups in total. The minimum Gasteiger partial charge on any atom is -0.381 e. The lowest BCUT2D eigenvalue weighted by atomic mass is 10.1. The summed E-state index contributed by atoms with van der Waals surface area (Å²) in [4.78, 5) is 0. The highest BCUT2D eigenvalue weighted by Crippen LogP contribution is 2.14. The zero-order valence-electron chi connectivity index (χ0n) is 12.1. The van der Waals surface area contributed by atoms with Crippen LogP contribution in [0.4, 0.5) is 5.69 Å². The van der Waals surface area contributed by atoms with Crippen molar-refractivity contribution in [3.8, 4) is 5.69 Å². The van der Waals surface area contributed by atoms with Gasteiger partial charge in [0.1, 0.15) is 6.33 Å². The highest BCUT2D eigenvalue weighted by Gasteiger charge is 1.99. The van der Waals surface area contributed by atoms with Crippen LogP contribution < -0.4 is 5.32 Å². The van der Waals surface area contributed by atoms with Gasteiger partial charge in [0.25, 0.3) is 0 Å². The molecule has 0 bridgehead atoms. The fourth-order valence-corrected chi connectivity index (χ4v) is 2.39. The van der Waals surface area contributed by atoms with Crippen LogP contribution in [0.15, 0.2) is 48.8 Å². The second-order valence-electron chi connectivity index (χ2n) is 5.15. The van der Waals surface area contributed by atoms with Gasteiger partial charge in [0.15, 0.2) is 0 Å². The van der Waals surface area contributed by atoms with Gasteiger partial charge in [-0.25, -0.2) is 4.68 Å². The third-order valence-electron chi connectivity index (χ3n) is 3.26. The minimum atomic E-state index is 0.812. The standard InChI is InChI=1S/C16H17N5/c1-12-7-13(2)9-14(8-12)10-17-15-3-5-16(6-4-15)21-11-18-19-20-21/h3-9,11,17H,10H2,1-2H3. The van der Waals surface area contributed by atoms with Gasteiger partial charge in [-0.15, -0.1) is 5.10 Å². The SMILES string of the molecule is Cc1cc(C)cc(CNc2ccc(-n3cnnn3)cc2)c1. The van der Waals surface area contributed by atoms with Gasteiger partial charge in [-0.1, -0.05) is 29.3 Å². The molecular weight excluding hydrogens is 262 g/mol. The Balaban J connectivity index is 1.68. The number of hydrogen-bond donors (Lipinski definition) is 1. The molecule has 0 spiro atoms. The number of rotatable bonds is 4. The number of benzene rings is 2. The molecule has 0 atom stereocenters. The average molecular weight is 279 g/mol. The van der Waals surface area contributed by atoms with Gasteiger partial charge in [-0.2, -0.15) is 0 Å². The number of tetrazole rings is 1. The Labute approximate surface area is 123 Å². The molecule has 0 unspecified atom stereocenters. The van der Waals surface area contributed by atoms with Crippen molar-refractivity contribution in [1.82, 2.24) is 20.2 Å².